The van der Waals surface area contributed by atoms with Crippen molar-refractivity contribution < 1.29 is 9.53 Å². The number of hydrogen-bond donors (Lipinski definition) is 2. The molecular formula is C18H29N3O2. The second kappa shape index (κ2) is 9.65. The van der Waals surface area contributed by atoms with Gasteiger partial charge >= 0.3 is 0 Å². The molecule has 1 fully saturated rings. The van der Waals surface area contributed by atoms with Crippen LogP contribution < -0.4 is 10.6 Å². The molecule has 2 rings (SSSR count). The number of nitrogens with one attached hydrogen (secondary N) is 2. The molecule has 0 bridgehead atoms. The summed E-state index contributed by atoms with van der Waals surface area (Å²) in [7, 11) is 0. The van der Waals surface area contributed by atoms with Gasteiger partial charge < -0.3 is 15.4 Å². The highest BCUT2D eigenvalue weighted by Gasteiger charge is 2.16. The summed E-state index contributed by atoms with van der Waals surface area (Å²) in [5.41, 5.74) is 2.48. The van der Waals surface area contributed by atoms with Crippen LogP contribution in [0.3, 0.4) is 0 Å². The first-order valence-corrected chi connectivity index (χ1v) is 8.59. The van der Waals surface area contributed by atoms with E-state index < -0.39 is 0 Å². The van der Waals surface area contributed by atoms with E-state index in [-0.39, 0.29) is 11.9 Å². The molecule has 1 atom stereocenters. The van der Waals surface area contributed by atoms with Gasteiger partial charge in [-0.05, 0) is 24.2 Å². The maximum atomic E-state index is 12.1. The second-order valence-corrected chi connectivity index (χ2v) is 5.94. The van der Waals surface area contributed by atoms with Gasteiger partial charge in [-0.3, -0.25) is 9.69 Å². The summed E-state index contributed by atoms with van der Waals surface area (Å²) in [6.07, 6.45) is 0.470. The summed E-state index contributed by atoms with van der Waals surface area (Å²) in [6, 6.07) is 8.48. The average Bonchev–Trinajstić information content (AvgIpc) is 2.59. The molecule has 1 aliphatic rings. The fourth-order valence-corrected chi connectivity index (χ4v) is 2.81. The summed E-state index contributed by atoms with van der Waals surface area (Å²) in [4.78, 5) is 14.5. The van der Waals surface area contributed by atoms with Crippen LogP contribution >= 0.6 is 0 Å². The number of hydrogen-bond acceptors (Lipinski definition) is 4. The molecule has 1 saturated heterocycles. The van der Waals surface area contributed by atoms with Crippen LogP contribution in [0.1, 0.15) is 31.4 Å². The Bertz CT molecular complexity index is 483. The molecule has 2 N–H and O–H groups in total. The van der Waals surface area contributed by atoms with Crippen molar-refractivity contribution in [2.24, 2.45) is 0 Å². The summed E-state index contributed by atoms with van der Waals surface area (Å²) >= 11 is 0. The molecule has 1 aliphatic heterocycles. The normalized spacial score (nSPS) is 18.1. The number of amides is 1. The van der Waals surface area contributed by atoms with Crippen molar-refractivity contribution in [1.82, 2.24) is 15.5 Å². The highest BCUT2D eigenvalue weighted by atomic mass is 16.5. The molecule has 23 heavy (non-hydrogen) atoms. The molecule has 5 nitrogen and oxygen atoms in total. The summed E-state index contributed by atoms with van der Waals surface area (Å²) in [5.74, 6) is 0.0747. The fraction of sp³-hybridized carbons (Fsp3) is 0.611. The molecule has 1 heterocycles. The molecule has 1 aromatic rings. The van der Waals surface area contributed by atoms with Crippen LogP contribution in [0.5, 0.6) is 0 Å². The van der Waals surface area contributed by atoms with Gasteiger partial charge in [0.15, 0.2) is 0 Å². The van der Waals surface area contributed by atoms with Gasteiger partial charge in [0, 0.05) is 32.1 Å². The number of carbonyl (C=O) groups is 1. The lowest BCUT2D eigenvalue weighted by Crippen LogP contribution is -2.44. The van der Waals surface area contributed by atoms with Crippen LogP contribution in [0, 0.1) is 0 Å². The third-order valence-electron chi connectivity index (χ3n) is 4.31. The number of ether oxygens (including phenoxy) is 1. The van der Waals surface area contributed by atoms with Gasteiger partial charge in [-0.15, -0.1) is 0 Å². The number of nitrogens with zero attached hydrogens (tertiary/aromatic N) is 1. The smallest absolute Gasteiger partial charge is 0.221 e. The van der Waals surface area contributed by atoms with Gasteiger partial charge in [-0.2, -0.15) is 0 Å². The Morgan fingerprint density at radius 2 is 2.04 bits per heavy atom. The first-order chi connectivity index (χ1) is 11.2. The van der Waals surface area contributed by atoms with Crippen molar-refractivity contribution in [3.8, 4) is 0 Å². The molecule has 0 aromatic heterocycles. The van der Waals surface area contributed by atoms with Gasteiger partial charge in [0.05, 0.1) is 13.2 Å². The van der Waals surface area contributed by atoms with Crippen molar-refractivity contribution in [3.05, 3.63) is 35.4 Å². The zero-order valence-electron chi connectivity index (χ0n) is 14.3. The van der Waals surface area contributed by atoms with Crippen LogP contribution in [0.25, 0.3) is 0 Å². The SMILES string of the molecule is CCN(CC)Cc1ccccc1CNC(=O)CC1COCCN1. The zero-order valence-corrected chi connectivity index (χ0v) is 14.3. The molecule has 0 saturated carbocycles. The van der Waals surface area contributed by atoms with Crippen LogP contribution in [-0.2, 0) is 22.6 Å². The minimum Gasteiger partial charge on any atom is -0.378 e. The number of rotatable bonds is 8. The Labute approximate surface area is 139 Å². The standard InChI is InChI=1S/C18H29N3O2/c1-3-21(4-2)13-16-8-6-5-7-15(16)12-20-18(22)11-17-14-23-10-9-19-17/h5-8,17,19H,3-4,9-14H2,1-2H3,(H,20,22). The predicted octanol–water partition coefficient (Wildman–Crippen LogP) is 1.52. The van der Waals surface area contributed by atoms with Gasteiger partial charge in [0.1, 0.15) is 0 Å². The maximum absolute atomic E-state index is 12.1. The predicted molar refractivity (Wildman–Crippen MR) is 92.1 cm³/mol. The van der Waals surface area contributed by atoms with E-state index in [4.69, 9.17) is 4.74 Å². The third kappa shape index (κ3) is 5.94. The van der Waals surface area contributed by atoms with Crippen molar-refractivity contribution in [1.29, 1.82) is 0 Å². The number of morpholine rings is 1. The first kappa shape index (κ1) is 17.9. The molecular weight excluding hydrogens is 290 g/mol. The molecule has 1 unspecified atom stereocenters. The van der Waals surface area contributed by atoms with E-state index in [0.717, 1.165) is 32.8 Å². The largest absolute Gasteiger partial charge is 0.378 e. The molecule has 0 spiro atoms. The van der Waals surface area contributed by atoms with Gasteiger partial charge in [0.2, 0.25) is 5.91 Å². The number of carbonyl (C=O) groups excluding carboxylic acids is 1. The summed E-state index contributed by atoms with van der Waals surface area (Å²) in [6.45, 7) is 10.1. The molecule has 128 valence electrons. The minimum atomic E-state index is 0.0747. The Morgan fingerprint density at radius 1 is 1.30 bits per heavy atom. The third-order valence-corrected chi connectivity index (χ3v) is 4.31. The van der Waals surface area contributed by atoms with E-state index in [2.05, 4.69) is 47.6 Å². The Kier molecular flexibility index (Phi) is 7.52. The highest BCUT2D eigenvalue weighted by Crippen LogP contribution is 2.12. The first-order valence-electron chi connectivity index (χ1n) is 8.59. The Balaban J connectivity index is 1.85. The van der Waals surface area contributed by atoms with E-state index in [0.29, 0.717) is 19.6 Å². The van der Waals surface area contributed by atoms with Crippen molar-refractivity contribution in [3.63, 3.8) is 0 Å². The van der Waals surface area contributed by atoms with E-state index in [1.165, 1.54) is 11.1 Å². The second-order valence-electron chi connectivity index (χ2n) is 5.94. The molecule has 5 heteroatoms. The van der Waals surface area contributed by atoms with Crippen LogP contribution in [0.15, 0.2) is 24.3 Å². The quantitative estimate of drug-likeness (QED) is 0.763. The zero-order chi connectivity index (χ0) is 16.5. The monoisotopic (exact) mass is 319 g/mol. The van der Waals surface area contributed by atoms with Crippen LogP contribution in [0.2, 0.25) is 0 Å². The Hall–Kier alpha value is -1.43. The van der Waals surface area contributed by atoms with E-state index in [1.807, 2.05) is 6.07 Å². The number of benzene rings is 1. The fourth-order valence-electron chi connectivity index (χ4n) is 2.81. The Morgan fingerprint density at radius 3 is 2.70 bits per heavy atom. The topological polar surface area (TPSA) is 53.6 Å². The van der Waals surface area contributed by atoms with Crippen LogP contribution in [0.4, 0.5) is 0 Å². The van der Waals surface area contributed by atoms with E-state index in [9.17, 15) is 4.79 Å². The van der Waals surface area contributed by atoms with Crippen molar-refractivity contribution >= 4 is 5.91 Å². The average molecular weight is 319 g/mol. The van der Waals surface area contributed by atoms with E-state index >= 15 is 0 Å². The summed E-state index contributed by atoms with van der Waals surface area (Å²) < 4.78 is 5.39. The van der Waals surface area contributed by atoms with Crippen molar-refractivity contribution in [2.45, 2.75) is 39.4 Å². The lowest BCUT2D eigenvalue weighted by Gasteiger charge is -2.23. The molecule has 1 aromatic carbocycles. The van der Waals surface area contributed by atoms with Crippen LogP contribution in [-0.4, -0.2) is 49.7 Å². The van der Waals surface area contributed by atoms with Gasteiger partial charge in [-0.25, -0.2) is 0 Å². The lowest BCUT2D eigenvalue weighted by atomic mass is 10.1. The lowest BCUT2D eigenvalue weighted by molar-refractivity contribution is -0.122. The summed E-state index contributed by atoms with van der Waals surface area (Å²) in [5, 5.41) is 6.35. The molecule has 0 radical (unpaired) electrons. The minimum absolute atomic E-state index is 0.0747. The van der Waals surface area contributed by atoms with Gasteiger partial charge in [-0.1, -0.05) is 38.1 Å². The maximum Gasteiger partial charge on any atom is 0.221 e. The molecule has 1 amide bonds. The van der Waals surface area contributed by atoms with Gasteiger partial charge in [0.25, 0.3) is 0 Å². The van der Waals surface area contributed by atoms with Crippen molar-refractivity contribution in [2.75, 3.05) is 32.8 Å². The highest BCUT2D eigenvalue weighted by molar-refractivity contribution is 5.76. The molecule has 0 aliphatic carbocycles. The van der Waals surface area contributed by atoms with E-state index in [1.54, 1.807) is 0 Å².